The summed E-state index contributed by atoms with van der Waals surface area (Å²) in [5.41, 5.74) is 2.79. The summed E-state index contributed by atoms with van der Waals surface area (Å²) in [4.78, 5) is 49.1. The van der Waals surface area contributed by atoms with Gasteiger partial charge in [0.1, 0.15) is 16.9 Å². The second-order valence-corrected chi connectivity index (χ2v) is 9.40. The van der Waals surface area contributed by atoms with Crippen LogP contribution in [0.25, 0.3) is 16.7 Å². The van der Waals surface area contributed by atoms with E-state index in [1.807, 2.05) is 33.8 Å². The number of aromatic nitrogens is 3. The van der Waals surface area contributed by atoms with Crippen LogP contribution >= 0.6 is 0 Å². The Balaban J connectivity index is 2.04. The summed E-state index contributed by atoms with van der Waals surface area (Å²) in [7, 11) is 0. The van der Waals surface area contributed by atoms with Gasteiger partial charge in [0, 0.05) is 24.9 Å². The minimum Gasteiger partial charge on any atom is -0.462 e. The first kappa shape index (κ1) is 26.9. The molecular formula is C29H32N4O5. The van der Waals surface area contributed by atoms with Crippen LogP contribution < -0.4 is 11.0 Å². The van der Waals surface area contributed by atoms with Crippen LogP contribution in [-0.2, 0) is 16.0 Å². The summed E-state index contributed by atoms with van der Waals surface area (Å²) in [6, 6.07) is 12.1. The van der Waals surface area contributed by atoms with E-state index < -0.39 is 11.9 Å². The number of carbonyl (C=O) groups is 2. The zero-order chi connectivity index (χ0) is 27.4. The topological polar surface area (TPSA) is 104 Å². The molecule has 0 saturated carbocycles. The highest BCUT2D eigenvalue weighted by atomic mass is 16.5. The molecule has 0 saturated heterocycles. The molecule has 1 amide bonds. The fourth-order valence-corrected chi connectivity index (χ4v) is 4.37. The number of nitrogens with zero attached hydrogens (tertiary/aromatic N) is 4. The van der Waals surface area contributed by atoms with E-state index in [1.165, 1.54) is 10.5 Å². The first-order chi connectivity index (χ1) is 18.2. The van der Waals surface area contributed by atoms with E-state index in [-0.39, 0.29) is 34.7 Å². The molecule has 0 unspecified atom stereocenters. The molecule has 198 valence electrons. The Morgan fingerprint density at radius 1 is 1.08 bits per heavy atom. The van der Waals surface area contributed by atoms with Crippen LogP contribution in [0, 0.1) is 13.8 Å². The monoisotopic (exact) mass is 516 g/mol. The second-order valence-electron chi connectivity index (χ2n) is 9.40. The van der Waals surface area contributed by atoms with Gasteiger partial charge in [0.2, 0.25) is 0 Å². The first-order valence-corrected chi connectivity index (χ1v) is 12.7. The lowest BCUT2D eigenvalue weighted by Crippen LogP contribution is -2.33. The SMILES string of the molecule is CCOC(=O)c1cc2c(=O)n3ccccc3nc2n(CCCOC(C)C)c1=NC(=O)c1cc(C)cc(C)c1. The van der Waals surface area contributed by atoms with Crippen molar-refractivity contribution >= 4 is 28.6 Å². The first-order valence-electron chi connectivity index (χ1n) is 12.7. The van der Waals surface area contributed by atoms with E-state index in [0.717, 1.165) is 11.1 Å². The molecule has 0 spiro atoms. The molecule has 0 aliphatic carbocycles. The minimum atomic E-state index is -0.675. The number of amides is 1. The number of esters is 1. The van der Waals surface area contributed by atoms with Crippen molar-refractivity contribution in [2.24, 2.45) is 4.99 Å². The van der Waals surface area contributed by atoms with Crippen LogP contribution in [-0.4, -0.2) is 45.1 Å². The van der Waals surface area contributed by atoms with Crippen LogP contribution in [0.3, 0.4) is 0 Å². The van der Waals surface area contributed by atoms with Gasteiger partial charge in [0.25, 0.3) is 11.5 Å². The quantitative estimate of drug-likeness (QED) is 0.199. The summed E-state index contributed by atoms with van der Waals surface area (Å²) in [5, 5.41) is 0.222. The number of benzene rings is 1. The third-order valence-corrected chi connectivity index (χ3v) is 5.94. The van der Waals surface area contributed by atoms with Crippen molar-refractivity contribution in [3.8, 4) is 0 Å². The maximum atomic E-state index is 13.5. The van der Waals surface area contributed by atoms with Gasteiger partial charge >= 0.3 is 5.97 Å². The third kappa shape index (κ3) is 5.73. The summed E-state index contributed by atoms with van der Waals surface area (Å²) in [6.45, 7) is 10.3. The van der Waals surface area contributed by atoms with E-state index in [1.54, 1.807) is 48.0 Å². The van der Waals surface area contributed by atoms with Gasteiger partial charge < -0.3 is 14.0 Å². The van der Waals surface area contributed by atoms with Gasteiger partial charge in [-0.25, -0.2) is 9.78 Å². The number of ether oxygens (including phenoxy) is 2. The van der Waals surface area contributed by atoms with Crippen LogP contribution in [0.4, 0.5) is 0 Å². The van der Waals surface area contributed by atoms with Crippen LogP contribution in [0.1, 0.15) is 59.0 Å². The molecule has 4 aromatic rings. The summed E-state index contributed by atoms with van der Waals surface area (Å²) >= 11 is 0. The zero-order valence-corrected chi connectivity index (χ0v) is 22.4. The Bertz CT molecular complexity index is 1630. The van der Waals surface area contributed by atoms with Gasteiger partial charge in [-0.05, 0) is 71.4 Å². The van der Waals surface area contributed by atoms with Gasteiger partial charge in [-0.3, -0.25) is 14.0 Å². The van der Waals surface area contributed by atoms with E-state index in [2.05, 4.69) is 4.99 Å². The van der Waals surface area contributed by atoms with Crippen molar-refractivity contribution in [2.45, 2.75) is 53.7 Å². The lowest BCUT2D eigenvalue weighted by molar-refractivity contribution is 0.0523. The Kier molecular flexibility index (Phi) is 8.16. The molecule has 4 rings (SSSR count). The number of hydrogen-bond donors (Lipinski definition) is 0. The van der Waals surface area contributed by atoms with Crippen molar-refractivity contribution in [3.63, 3.8) is 0 Å². The molecule has 0 fully saturated rings. The van der Waals surface area contributed by atoms with E-state index in [9.17, 15) is 14.4 Å². The van der Waals surface area contributed by atoms with Crippen LogP contribution in [0.2, 0.25) is 0 Å². The lowest BCUT2D eigenvalue weighted by Gasteiger charge is -2.16. The number of aryl methyl sites for hydroxylation is 3. The highest BCUT2D eigenvalue weighted by molar-refractivity contribution is 5.97. The van der Waals surface area contributed by atoms with Crippen molar-refractivity contribution in [1.29, 1.82) is 0 Å². The molecule has 9 heteroatoms. The Morgan fingerprint density at radius 3 is 2.50 bits per heavy atom. The van der Waals surface area contributed by atoms with Crippen molar-refractivity contribution in [1.82, 2.24) is 14.0 Å². The van der Waals surface area contributed by atoms with E-state index in [0.29, 0.717) is 36.4 Å². The third-order valence-electron chi connectivity index (χ3n) is 5.94. The molecule has 0 atom stereocenters. The number of fused-ring (bicyclic) bond motifs is 2. The molecule has 9 nitrogen and oxygen atoms in total. The van der Waals surface area contributed by atoms with Crippen LogP contribution in [0.5, 0.6) is 0 Å². The zero-order valence-electron chi connectivity index (χ0n) is 22.4. The van der Waals surface area contributed by atoms with Gasteiger partial charge in [-0.15, -0.1) is 0 Å². The van der Waals surface area contributed by atoms with Crippen molar-refractivity contribution in [3.05, 3.63) is 86.8 Å². The molecule has 38 heavy (non-hydrogen) atoms. The molecule has 0 bridgehead atoms. The van der Waals surface area contributed by atoms with E-state index >= 15 is 0 Å². The Labute approximate surface area is 220 Å². The number of hydrogen-bond acceptors (Lipinski definition) is 6. The van der Waals surface area contributed by atoms with Gasteiger partial charge in [-0.1, -0.05) is 23.3 Å². The summed E-state index contributed by atoms with van der Waals surface area (Å²) < 4.78 is 14.1. The van der Waals surface area contributed by atoms with Gasteiger partial charge in [-0.2, -0.15) is 4.99 Å². The van der Waals surface area contributed by atoms with Gasteiger partial charge in [0.05, 0.1) is 18.1 Å². The smallest absolute Gasteiger partial charge is 0.341 e. The largest absolute Gasteiger partial charge is 0.462 e. The predicted molar refractivity (Wildman–Crippen MR) is 144 cm³/mol. The second kappa shape index (κ2) is 11.5. The fourth-order valence-electron chi connectivity index (χ4n) is 4.37. The maximum absolute atomic E-state index is 13.5. The Morgan fingerprint density at radius 2 is 1.82 bits per heavy atom. The number of pyridine rings is 2. The van der Waals surface area contributed by atoms with Gasteiger partial charge in [0.15, 0.2) is 5.49 Å². The lowest BCUT2D eigenvalue weighted by atomic mass is 10.1. The minimum absolute atomic E-state index is 0.0247. The van der Waals surface area contributed by atoms with Crippen LogP contribution in [0.15, 0.2) is 58.4 Å². The van der Waals surface area contributed by atoms with Crippen molar-refractivity contribution in [2.75, 3.05) is 13.2 Å². The molecule has 3 heterocycles. The number of rotatable bonds is 8. The van der Waals surface area contributed by atoms with E-state index in [4.69, 9.17) is 14.5 Å². The fraction of sp³-hybridized carbons (Fsp3) is 0.345. The predicted octanol–water partition coefficient (Wildman–Crippen LogP) is 4.00. The number of carbonyl (C=O) groups excluding carboxylic acids is 2. The maximum Gasteiger partial charge on any atom is 0.341 e. The van der Waals surface area contributed by atoms with Crippen molar-refractivity contribution < 1.29 is 19.1 Å². The Hall–Kier alpha value is -4.11. The average Bonchev–Trinajstić information content (AvgIpc) is 2.87. The molecule has 1 aromatic carbocycles. The molecule has 3 aromatic heterocycles. The molecule has 0 aliphatic rings. The molecule has 0 aliphatic heterocycles. The highest BCUT2D eigenvalue weighted by Crippen LogP contribution is 2.14. The standard InChI is InChI=1S/C29H32N4O5/c1-6-37-29(36)23-17-22-25(30-24-10-7-8-11-32(24)28(22)35)33(12-9-13-38-18(2)3)26(23)31-27(34)21-15-19(4)14-20(5)16-21/h7-8,10-11,14-18H,6,9,12-13H2,1-5H3. The molecule has 0 radical (unpaired) electrons. The summed E-state index contributed by atoms with van der Waals surface area (Å²) in [5.74, 6) is -1.18. The average molecular weight is 517 g/mol. The molecule has 0 N–H and O–H groups in total. The molecular weight excluding hydrogens is 484 g/mol. The highest BCUT2D eigenvalue weighted by Gasteiger charge is 2.20. The summed E-state index contributed by atoms with van der Waals surface area (Å²) in [6.07, 6.45) is 2.21. The normalized spacial score (nSPS) is 12.0.